The van der Waals surface area contributed by atoms with Crippen molar-refractivity contribution in [3.63, 3.8) is 0 Å². The van der Waals surface area contributed by atoms with Crippen molar-refractivity contribution in [2.75, 3.05) is 11.9 Å². The van der Waals surface area contributed by atoms with Crippen molar-refractivity contribution in [1.82, 2.24) is 0 Å². The third kappa shape index (κ3) is 2.76. The summed E-state index contributed by atoms with van der Waals surface area (Å²) in [6, 6.07) is 4.04. The van der Waals surface area contributed by atoms with Crippen LogP contribution in [0.2, 0.25) is 0 Å². The Kier molecular flexibility index (Phi) is 3.85. The molecule has 0 amide bonds. The first-order valence-corrected chi connectivity index (χ1v) is 5.85. The van der Waals surface area contributed by atoms with Gasteiger partial charge in [0.25, 0.3) is 0 Å². The molecule has 2 aromatic rings. The van der Waals surface area contributed by atoms with Gasteiger partial charge in [0, 0.05) is 19.2 Å². The largest absolute Gasteiger partial charge is 0.469 e. The van der Waals surface area contributed by atoms with E-state index in [1.165, 1.54) is 4.90 Å². The van der Waals surface area contributed by atoms with Gasteiger partial charge in [-0.1, -0.05) is 0 Å². The fourth-order valence-electron chi connectivity index (χ4n) is 1.98. The highest BCUT2D eigenvalue weighted by Gasteiger charge is 2.16. The van der Waals surface area contributed by atoms with Crippen molar-refractivity contribution in [3.05, 3.63) is 53.0 Å². The van der Waals surface area contributed by atoms with Gasteiger partial charge >= 0.3 is 0 Å². The zero-order valence-corrected chi connectivity index (χ0v) is 10.8. The van der Waals surface area contributed by atoms with Gasteiger partial charge in [0.1, 0.15) is 23.1 Å². The van der Waals surface area contributed by atoms with Crippen LogP contribution in [0.5, 0.6) is 0 Å². The third-order valence-electron chi connectivity index (χ3n) is 3.01. The number of rotatable bonds is 4. The molecule has 5 heteroatoms. The number of benzene rings is 1. The minimum absolute atomic E-state index is 0.113. The van der Waals surface area contributed by atoms with Crippen LogP contribution in [0.3, 0.4) is 0 Å². The van der Waals surface area contributed by atoms with E-state index >= 15 is 0 Å². The molecule has 1 aromatic carbocycles. The van der Waals surface area contributed by atoms with Gasteiger partial charge in [0.2, 0.25) is 0 Å². The molecule has 0 radical (unpaired) electrons. The number of aliphatic hydroxyl groups excluding tert-OH is 1. The van der Waals surface area contributed by atoms with Crippen molar-refractivity contribution < 1.29 is 18.3 Å². The summed E-state index contributed by atoms with van der Waals surface area (Å²) in [7, 11) is 1.60. The molecule has 0 saturated heterocycles. The predicted molar refractivity (Wildman–Crippen MR) is 67.8 cm³/mol. The van der Waals surface area contributed by atoms with E-state index in [1.54, 1.807) is 26.3 Å². The normalized spacial score (nSPS) is 10.8. The fraction of sp³-hybridized carbons (Fsp3) is 0.286. The molecule has 0 fully saturated rings. The van der Waals surface area contributed by atoms with E-state index in [-0.39, 0.29) is 11.3 Å². The zero-order chi connectivity index (χ0) is 14.0. The minimum Gasteiger partial charge on any atom is -0.469 e. The van der Waals surface area contributed by atoms with E-state index in [0.717, 1.165) is 23.5 Å². The quantitative estimate of drug-likeness (QED) is 0.925. The van der Waals surface area contributed by atoms with Crippen LogP contribution in [0.1, 0.15) is 16.9 Å². The summed E-state index contributed by atoms with van der Waals surface area (Å²) in [5, 5.41) is 8.90. The number of hydrogen-bond acceptors (Lipinski definition) is 3. The number of aliphatic hydroxyl groups is 1. The molecule has 102 valence electrons. The second kappa shape index (κ2) is 5.40. The summed E-state index contributed by atoms with van der Waals surface area (Å²) in [6.07, 6.45) is 1.54. The Morgan fingerprint density at radius 1 is 1.26 bits per heavy atom. The van der Waals surface area contributed by atoms with Gasteiger partial charge in [-0.25, -0.2) is 8.78 Å². The second-order valence-corrected chi connectivity index (χ2v) is 4.42. The molecule has 0 aliphatic carbocycles. The molecule has 1 aromatic heterocycles. The van der Waals surface area contributed by atoms with Crippen LogP contribution in [0.15, 0.2) is 28.9 Å². The molecule has 0 spiro atoms. The highest BCUT2D eigenvalue weighted by atomic mass is 19.1. The molecule has 1 N–H and O–H groups in total. The van der Waals surface area contributed by atoms with Crippen molar-refractivity contribution in [3.8, 4) is 0 Å². The molecular formula is C14H15F2NO2. The van der Waals surface area contributed by atoms with Crippen LogP contribution in [0.25, 0.3) is 0 Å². The van der Waals surface area contributed by atoms with Crippen LogP contribution in [0, 0.1) is 18.6 Å². The van der Waals surface area contributed by atoms with E-state index < -0.39 is 18.2 Å². The zero-order valence-electron chi connectivity index (χ0n) is 10.8. The van der Waals surface area contributed by atoms with E-state index in [1.807, 2.05) is 0 Å². The Hall–Kier alpha value is -1.88. The SMILES string of the molecule is Cc1occc1CN(C)c1c(F)cc(CO)cc1F. The van der Waals surface area contributed by atoms with Gasteiger partial charge in [-0.2, -0.15) is 0 Å². The molecule has 0 bridgehead atoms. The number of hydrogen-bond donors (Lipinski definition) is 1. The molecule has 0 aliphatic heterocycles. The maximum absolute atomic E-state index is 13.9. The number of furan rings is 1. The van der Waals surface area contributed by atoms with Gasteiger partial charge in [0.15, 0.2) is 0 Å². The van der Waals surface area contributed by atoms with Crippen molar-refractivity contribution in [2.24, 2.45) is 0 Å². The minimum atomic E-state index is -0.687. The van der Waals surface area contributed by atoms with E-state index in [9.17, 15) is 8.78 Å². The summed E-state index contributed by atoms with van der Waals surface area (Å²) < 4.78 is 32.9. The Bertz CT molecular complexity index is 558. The van der Waals surface area contributed by atoms with E-state index in [4.69, 9.17) is 9.52 Å². The summed E-state index contributed by atoms with van der Waals surface area (Å²) in [5.74, 6) is -0.653. The average Bonchev–Trinajstić information content (AvgIpc) is 2.74. The van der Waals surface area contributed by atoms with Crippen LogP contribution >= 0.6 is 0 Å². The maximum atomic E-state index is 13.9. The average molecular weight is 267 g/mol. The van der Waals surface area contributed by atoms with Gasteiger partial charge in [-0.15, -0.1) is 0 Å². The highest BCUT2D eigenvalue weighted by Crippen LogP contribution is 2.26. The maximum Gasteiger partial charge on any atom is 0.149 e. The Balaban J connectivity index is 2.29. The lowest BCUT2D eigenvalue weighted by molar-refractivity contribution is 0.280. The van der Waals surface area contributed by atoms with Crippen LogP contribution in [0.4, 0.5) is 14.5 Å². The van der Waals surface area contributed by atoms with Crippen LogP contribution in [-0.2, 0) is 13.2 Å². The molecule has 0 saturated carbocycles. The highest BCUT2D eigenvalue weighted by molar-refractivity contribution is 5.50. The molecule has 0 aliphatic rings. The van der Waals surface area contributed by atoms with Crippen molar-refractivity contribution in [2.45, 2.75) is 20.1 Å². The summed E-state index contributed by atoms with van der Waals surface area (Å²) in [6.45, 7) is 1.75. The van der Waals surface area contributed by atoms with Crippen LogP contribution < -0.4 is 4.90 Å². The second-order valence-electron chi connectivity index (χ2n) is 4.42. The van der Waals surface area contributed by atoms with Gasteiger partial charge < -0.3 is 14.4 Å². The summed E-state index contributed by atoms with van der Waals surface area (Å²) >= 11 is 0. The Morgan fingerprint density at radius 3 is 2.37 bits per heavy atom. The van der Waals surface area contributed by atoms with Crippen molar-refractivity contribution in [1.29, 1.82) is 0 Å². The number of halogens is 2. The van der Waals surface area contributed by atoms with Gasteiger partial charge in [0.05, 0.1) is 12.9 Å². The summed E-state index contributed by atoms with van der Waals surface area (Å²) in [5.41, 5.74) is 0.969. The molecule has 19 heavy (non-hydrogen) atoms. The van der Waals surface area contributed by atoms with Crippen LogP contribution in [-0.4, -0.2) is 12.2 Å². The lowest BCUT2D eigenvalue weighted by Crippen LogP contribution is -2.19. The fourth-order valence-corrected chi connectivity index (χ4v) is 1.98. The number of nitrogens with zero attached hydrogens (tertiary/aromatic N) is 1. The molecule has 1 heterocycles. The van der Waals surface area contributed by atoms with Gasteiger partial charge in [-0.05, 0) is 30.7 Å². The molecular weight excluding hydrogens is 252 g/mol. The molecule has 0 atom stereocenters. The van der Waals surface area contributed by atoms with E-state index in [2.05, 4.69) is 0 Å². The van der Waals surface area contributed by atoms with E-state index in [0.29, 0.717) is 6.54 Å². The monoisotopic (exact) mass is 267 g/mol. The Morgan fingerprint density at radius 2 is 1.89 bits per heavy atom. The van der Waals surface area contributed by atoms with Gasteiger partial charge in [-0.3, -0.25) is 0 Å². The summed E-state index contributed by atoms with van der Waals surface area (Å²) in [4.78, 5) is 1.48. The standard InChI is InChI=1S/C14H15F2NO2/c1-9-11(3-4-19-9)7-17(2)14-12(15)5-10(8-18)6-13(14)16/h3-6,18H,7-8H2,1-2H3. The smallest absolute Gasteiger partial charge is 0.149 e. The topological polar surface area (TPSA) is 36.6 Å². The molecule has 0 unspecified atom stereocenters. The number of anilines is 1. The molecule has 2 rings (SSSR count). The number of aryl methyl sites for hydroxylation is 1. The third-order valence-corrected chi connectivity index (χ3v) is 3.01. The first-order valence-electron chi connectivity index (χ1n) is 5.85. The molecule has 3 nitrogen and oxygen atoms in total. The first kappa shape index (κ1) is 13.5. The van der Waals surface area contributed by atoms with Crippen molar-refractivity contribution >= 4 is 5.69 Å². The lowest BCUT2D eigenvalue weighted by atomic mass is 10.1. The predicted octanol–water partition coefficient (Wildman–Crippen LogP) is 2.99. The Labute approximate surface area is 110 Å². The first-order chi connectivity index (χ1) is 9.02. The lowest BCUT2D eigenvalue weighted by Gasteiger charge is -2.20.